The molecule has 0 spiro atoms. The molecule has 12 heteroatoms. The van der Waals surface area contributed by atoms with Gasteiger partial charge in [0.1, 0.15) is 11.6 Å². The summed E-state index contributed by atoms with van der Waals surface area (Å²) in [5, 5.41) is 22.2. The third kappa shape index (κ3) is 8.43. The fourth-order valence-electron chi connectivity index (χ4n) is 4.00. The highest BCUT2D eigenvalue weighted by atomic mass is 31.2. The van der Waals surface area contributed by atoms with Crippen molar-refractivity contribution in [3.05, 3.63) is 76.9 Å². The van der Waals surface area contributed by atoms with Crippen LogP contribution in [-0.2, 0) is 22.2 Å². The van der Waals surface area contributed by atoms with E-state index in [0.717, 1.165) is 11.1 Å². The number of halogens is 1. The maximum Gasteiger partial charge on any atom is 0.469 e. The molecule has 0 aliphatic carbocycles. The van der Waals surface area contributed by atoms with Crippen LogP contribution in [0.3, 0.4) is 0 Å². The predicted octanol–water partition coefficient (Wildman–Crippen LogP) is 2.57. The number of aliphatic hydroxyl groups is 1. The molecule has 3 rings (SSSR count). The van der Waals surface area contributed by atoms with Crippen LogP contribution in [0.1, 0.15) is 23.1 Å². The molecule has 0 bridgehead atoms. The Balaban J connectivity index is 1.82. The minimum absolute atomic E-state index is 0.0598. The lowest BCUT2D eigenvalue weighted by Crippen LogP contribution is -2.46. The molecule has 1 aliphatic heterocycles. The Kier molecular flexibility index (Phi) is 9.01. The zero-order valence-corrected chi connectivity index (χ0v) is 20.0. The summed E-state index contributed by atoms with van der Waals surface area (Å²) in [4.78, 5) is 33.0. The number of amides is 1. The Bertz CT molecular complexity index is 1110. The maximum absolute atomic E-state index is 13.7. The van der Waals surface area contributed by atoms with Crippen molar-refractivity contribution in [2.45, 2.75) is 31.7 Å². The average Bonchev–Trinajstić information content (AvgIpc) is 2.76. The van der Waals surface area contributed by atoms with Gasteiger partial charge in [-0.2, -0.15) is 0 Å². The zero-order chi connectivity index (χ0) is 25.6. The summed E-state index contributed by atoms with van der Waals surface area (Å²) in [5.41, 5.74) is 2.56. The molecule has 0 aromatic heterocycles. The highest BCUT2D eigenvalue weighted by Gasteiger charge is 2.27. The van der Waals surface area contributed by atoms with Gasteiger partial charge in [-0.25, -0.2) is 13.8 Å². The molecular formula is C23H29FN3O7P. The highest BCUT2D eigenvalue weighted by molar-refractivity contribution is 7.46. The largest absolute Gasteiger partial charge is 0.469 e. The first kappa shape index (κ1) is 26.8. The quantitative estimate of drug-likeness (QED) is 0.289. The van der Waals surface area contributed by atoms with Crippen LogP contribution in [-0.4, -0.2) is 68.2 Å². The van der Waals surface area contributed by atoms with Gasteiger partial charge in [0.15, 0.2) is 0 Å². The van der Waals surface area contributed by atoms with E-state index in [1.165, 1.54) is 12.1 Å². The smallest absolute Gasteiger partial charge is 0.465 e. The Morgan fingerprint density at radius 3 is 2.69 bits per heavy atom. The molecule has 1 amide bonds. The molecule has 0 radical (unpaired) electrons. The van der Waals surface area contributed by atoms with E-state index in [4.69, 9.17) is 9.79 Å². The first-order valence-electron chi connectivity index (χ1n) is 10.9. The topological polar surface area (TPSA) is 143 Å². The number of likely N-dealkylation sites (N-methyl/N-ethyl adjacent to an activating group) is 1. The number of nitrogens with one attached hydrogen (secondary N) is 1. The molecule has 0 saturated carbocycles. The first-order valence-corrected chi connectivity index (χ1v) is 12.4. The lowest BCUT2D eigenvalue weighted by Gasteiger charge is -2.38. The summed E-state index contributed by atoms with van der Waals surface area (Å²) in [7, 11) is -2.98. The number of nitrogens with zero attached hydrogens (tertiary/aromatic N) is 2. The van der Waals surface area contributed by atoms with Gasteiger partial charge in [0.2, 0.25) is 0 Å². The second-order valence-corrected chi connectivity index (χ2v) is 9.65. The first-order chi connectivity index (χ1) is 16.5. The van der Waals surface area contributed by atoms with Gasteiger partial charge in [-0.05, 0) is 48.4 Å². The molecule has 0 saturated heterocycles. The summed E-state index contributed by atoms with van der Waals surface area (Å²) in [6.45, 7) is 0.415. The number of benzene rings is 2. The van der Waals surface area contributed by atoms with Crippen molar-refractivity contribution < 1.29 is 38.3 Å². The summed E-state index contributed by atoms with van der Waals surface area (Å²) in [6, 6.07) is 13.2. The molecule has 1 aliphatic rings. The van der Waals surface area contributed by atoms with E-state index in [1.807, 2.05) is 34.1 Å². The van der Waals surface area contributed by atoms with Gasteiger partial charge in [-0.3, -0.25) is 14.7 Å². The molecule has 5 N–H and O–H groups in total. The molecule has 10 nitrogen and oxygen atoms in total. The van der Waals surface area contributed by atoms with Crippen molar-refractivity contribution in [1.29, 1.82) is 0 Å². The molecular weight excluding hydrogens is 480 g/mol. The molecule has 2 aromatic rings. The second kappa shape index (κ2) is 11.8. The van der Waals surface area contributed by atoms with Gasteiger partial charge in [-0.15, -0.1) is 0 Å². The lowest BCUT2D eigenvalue weighted by molar-refractivity contribution is 0.0472. The highest BCUT2D eigenvalue weighted by Crippen LogP contribution is 2.36. The number of hydrogen-bond donors (Lipinski definition) is 5. The van der Waals surface area contributed by atoms with Crippen molar-refractivity contribution in [2.75, 3.05) is 20.2 Å². The van der Waals surface area contributed by atoms with E-state index in [9.17, 15) is 24.0 Å². The number of fused-ring (bicyclic) bond motifs is 1. The van der Waals surface area contributed by atoms with Crippen molar-refractivity contribution in [3.63, 3.8) is 0 Å². The third-order valence-corrected chi connectivity index (χ3v) is 6.12. The fourth-order valence-corrected chi connectivity index (χ4v) is 4.37. The standard InChI is InChI=1S/C23H29FN3O7P/c1-26(12-16-5-4-8-19(24)9-16)20(11-21(28)15-34-35(31,32)33)14-27-13-18-7-3-2-6-17(18)10-22(27)25-23(29)30/h2-10,20-21,25,28H,11-15H2,1H3,(H,29,30)(H2,31,32,33)/t20-,21+/m0/s1. The summed E-state index contributed by atoms with van der Waals surface area (Å²) < 4.78 is 29.2. The van der Waals surface area contributed by atoms with Gasteiger partial charge < -0.3 is 24.9 Å². The van der Waals surface area contributed by atoms with Gasteiger partial charge in [0, 0.05) is 25.7 Å². The van der Waals surface area contributed by atoms with Crippen LogP contribution in [0, 0.1) is 5.82 Å². The molecule has 190 valence electrons. The monoisotopic (exact) mass is 509 g/mol. The van der Waals surface area contributed by atoms with Crippen molar-refractivity contribution in [2.24, 2.45) is 0 Å². The van der Waals surface area contributed by atoms with Crippen molar-refractivity contribution in [3.8, 4) is 0 Å². The van der Waals surface area contributed by atoms with Gasteiger partial charge in [0.25, 0.3) is 0 Å². The number of carboxylic acid groups (broad SMARTS) is 1. The number of rotatable bonds is 11. The SMILES string of the molecule is CN(Cc1cccc(F)c1)[C@@H](C[C@@H](O)COP(=O)(O)O)CN1Cc2ccccc2C=C1NC(=O)O. The molecule has 2 aromatic carbocycles. The Labute approximate surface area is 202 Å². The van der Waals surface area contributed by atoms with Crippen LogP contribution < -0.4 is 5.32 Å². The second-order valence-electron chi connectivity index (χ2n) is 8.41. The van der Waals surface area contributed by atoms with Crippen molar-refractivity contribution in [1.82, 2.24) is 15.1 Å². The zero-order valence-electron chi connectivity index (χ0n) is 19.1. The van der Waals surface area contributed by atoms with Crippen LogP contribution >= 0.6 is 7.82 Å². The lowest BCUT2D eigenvalue weighted by atomic mass is 10.0. The number of hydrogen-bond acceptors (Lipinski definition) is 6. The Morgan fingerprint density at radius 2 is 2.00 bits per heavy atom. The third-order valence-electron chi connectivity index (χ3n) is 5.64. The Morgan fingerprint density at radius 1 is 1.26 bits per heavy atom. The number of phosphoric acid groups is 1. The summed E-state index contributed by atoms with van der Waals surface area (Å²) in [5.74, 6) is -0.0210. The molecule has 0 fully saturated rings. The molecule has 1 heterocycles. The number of aliphatic hydroxyl groups excluding tert-OH is 1. The Hall–Kier alpha value is -2.79. The van der Waals surface area contributed by atoms with Crippen molar-refractivity contribution >= 4 is 20.0 Å². The van der Waals surface area contributed by atoms with E-state index < -0.39 is 32.7 Å². The maximum atomic E-state index is 13.7. The van der Waals surface area contributed by atoms with Gasteiger partial charge in [0.05, 0.1) is 12.7 Å². The van der Waals surface area contributed by atoms with E-state index in [0.29, 0.717) is 24.5 Å². The van der Waals surface area contributed by atoms with Crippen LogP contribution in [0.2, 0.25) is 0 Å². The van der Waals surface area contributed by atoms with Gasteiger partial charge >= 0.3 is 13.9 Å². The van der Waals surface area contributed by atoms with E-state index >= 15 is 0 Å². The number of phosphoric ester groups is 1. The normalized spacial score (nSPS) is 15.4. The molecule has 35 heavy (non-hydrogen) atoms. The van der Waals surface area contributed by atoms with Crippen LogP contribution in [0.25, 0.3) is 6.08 Å². The van der Waals surface area contributed by atoms with E-state index in [-0.39, 0.29) is 18.8 Å². The molecule has 0 unspecified atom stereocenters. The van der Waals surface area contributed by atoms with Crippen LogP contribution in [0.15, 0.2) is 54.4 Å². The van der Waals surface area contributed by atoms with Crippen LogP contribution in [0.4, 0.5) is 9.18 Å². The average molecular weight is 509 g/mol. The summed E-state index contributed by atoms with van der Waals surface area (Å²) in [6.07, 6.45) is -0.645. The fraction of sp³-hybridized carbons (Fsp3) is 0.348. The van der Waals surface area contributed by atoms with Crippen LogP contribution in [0.5, 0.6) is 0 Å². The predicted molar refractivity (Wildman–Crippen MR) is 126 cm³/mol. The minimum atomic E-state index is -4.75. The summed E-state index contributed by atoms with van der Waals surface area (Å²) >= 11 is 0. The number of carbonyl (C=O) groups is 1. The minimum Gasteiger partial charge on any atom is -0.465 e. The van der Waals surface area contributed by atoms with E-state index in [1.54, 1.807) is 25.3 Å². The molecule has 2 atom stereocenters. The van der Waals surface area contributed by atoms with E-state index in [2.05, 4.69) is 9.84 Å². The van der Waals surface area contributed by atoms with Gasteiger partial charge in [-0.1, -0.05) is 36.4 Å².